The van der Waals surface area contributed by atoms with Crippen LogP contribution in [0.4, 0.5) is 4.39 Å². The number of halogens is 1. The summed E-state index contributed by atoms with van der Waals surface area (Å²) in [5, 5.41) is 1.91. The van der Waals surface area contributed by atoms with Gasteiger partial charge in [-0.2, -0.15) is 0 Å². The summed E-state index contributed by atoms with van der Waals surface area (Å²) in [7, 11) is 0. The maximum Gasteiger partial charge on any atom is 0.228 e. The Morgan fingerprint density at radius 2 is 1.75 bits per heavy atom. The Balaban J connectivity index is 2.01. The molecule has 0 unspecified atom stereocenters. The number of hydrogen-bond donors (Lipinski definition) is 0. The van der Waals surface area contributed by atoms with Gasteiger partial charge in [0.2, 0.25) is 6.86 Å². The van der Waals surface area contributed by atoms with Gasteiger partial charge in [-0.05, 0) is 25.0 Å². The van der Waals surface area contributed by atoms with Crippen molar-refractivity contribution in [3.05, 3.63) is 24.3 Å². The van der Waals surface area contributed by atoms with Crippen molar-refractivity contribution in [1.82, 2.24) is 5.06 Å². The predicted molar refractivity (Wildman–Crippen MR) is 59.1 cm³/mol. The molecule has 4 heteroatoms. The third kappa shape index (κ3) is 2.85. The second kappa shape index (κ2) is 5.70. The summed E-state index contributed by atoms with van der Waals surface area (Å²) in [4.78, 5) is 5.68. The van der Waals surface area contributed by atoms with Crippen LogP contribution >= 0.6 is 0 Å². The Labute approximate surface area is 94.7 Å². The zero-order valence-corrected chi connectivity index (χ0v) is 9.19. The minimum Gasteiger partial charge on any atom is -0.459 e. The maximum atomic E-state index is 12.1. The van der Waals surface area contributed by atoms with Crippen molar-refractivity contribution in [2.75, 3.05) is 20.0 Å². The fourth-order valence-electron chi connectivity index (χ4n) is 1.80. The van der Waals surface area contributed by atoms with E-state index in [-0.39, 0.29) is 0 Å². The highest BCUT2D eigenvalue weighted by Crippen LogP contribution is 2.27. The Bertz CT molecular complexity index is 327. The lowest BCUT2D eigenvalue weighted by atomic mass is 10.2. The third-order valence-corrected chi connectivity index (χ3v) is 2.60. The zero-order valence-electron chi connectivity index (χ0n) is 9.19. The van der Waals surface area contributed by atoms with E-state index < -0.39 is 6.86 Å². The van der Waals surface area contributed by atoms with Crippen LogP contribution in [0.2, 0.25) is 0 Å². The molecule has 1 aliphatic heterocycles. The highest BCUT2D eigenvalue weighted by molar-refractivity contribution is 5.39. The molecular weight excluding hydrogens is 209 g/mol. The second-order valence-corrected chi connectivity index (χ2v) is 3.78. The largest absolute Gasteiger partial charge is 0.459 e. The molecule has 0 atom stereocenters. The fourth-order valence-corrected chi connectivity index (χ4v) is 1.80. The molecule has 1 aliphatic rings. The molecular formula is C12H16FNO2. The molecule has 88 valence electrons. The Hall–Kier alpha value is -1.29. The van der Waals surface area contributed by atoms with Gasteiger partial charge in [0.15, 0.2) is 11.5 Å². The molecule has 2 rings (SSSR count). The van der Waals surface area contributed by atoms with E-state index in [4.69, 9.17) is 9.57 Å². The first-order chi connectivity index (χ1) is 7.90. The van der Waals surface area contributed by atoms with Gasteiger partial charge in [-0.3, -0.25) is 0 Å². The molecule has 0 N–H and O–H groups in total. The summed E-state index contributed by atoms with van der Waals surface area (Å²) in [5.74, 6) is 1.04. The Morgan fingerprint density at radius 3 is 2.44 bits per heavy atom. The number of hydroxylamine groups is 2. The fraction of sp³-hybridized carbons (Fsp3) is 0.500. The van der Waals surface area contributed by atoms with Crippen LogP contribution in [0.1, 0.15) is 19.3 Å². The summed E-state index contributed by atoms with van der Waals surface area (Å²) in [5.41, 5.74) is 0. The van der Waals surface area contributed by atoms with Crippen molar-refractivity contribution in [3.8, 4) is 11.5 Å². The highest BCUT2D eigenvalue weighted by atomic mass is 19.1. The molecule has 3 nitrogen and oxygen atoms in total. The first kappa shape index (κ1) is 11.2. The van der Waals surface area contributed by atoms with Crippen LogP contribution in [0, 0.1) is 0 Å². The molecule has 1 aromatic carbocycles. The van der Waals surface area contributed by atoms with Crippen molar-refractivity contribution in [2.24, 2.45) is 0 Å². The first-order valence-electron chi connectivity index (χ1n) is 5.61. The van der Waals surface area contributed by atoms with Gasteiger partial charge in [0.1, 0.15) is 0 Å². The quantitative estimate of drug-likeness (QED) is 0.786. The summed E-state index contributed by atoms with van der Waals surface area (Å²) in [6.07, 6.45) is 3.54. The monoisotopic (exact) mass is 225 g/mol. The normalized spacial score (nSPS) is 17.1. The van der Waals surface area contributed by atoms with Crippen LogP contribution in [0.5, 0.6) is 11.5 Å². The van der Waals surface area contributed by atoms with Crippen LogP contribution in [0.25, 0.3) is 0 Å². The summed E-state index contributed by atoms with van der Waals surface area (Å²) in [6, 6.07) is 7.15. The van der Waals surface area contributed by atoms with Gasteiger partial charge in [0.25, 0.3) is 0 Å². The van der Waals surface area contributed by atoms with Crippen LogP contribution in [-0.2, 0) is 0 Å². The van der Waals surface area contributed by atoms with Crippen LogP contribution in [0.3, 0.4) is 0 Å². The van der Waals surface area contributed by atoms with E-state index >= 15 is 0 Å². The van der Waals surface area contributed by atoms with Gasteiger partial charge >= 0.3 is 0 Å². The van der Waals surface area contributed by atoms with Crippen LogP contribution < -0.4 is 9.57 Å². The van der Waals surface area contributed by atoms with Gasteiger partial charge in [-0.15, -0.1) is 5.06 Å². The Morgan fingerprint density at radius 1 is 1.06 bits per heavy atom. The summed E-state index contributed by atoms with van der Waals surface area (Å²) in [6.45, 7) is 1.01. The molecule has 0 radical (unpaired) electrons. The summed E-state index contributed by atoms with van der Waals surface area (Å²) >= 11 is 0. The van der Waals surface area contributed by atoms with Crippen molar-refractivity contribution in [1.29, 1.82) is 0 Å². The number of rotatable bonds is 4. The molecule has 0 saturated carbocycles. The average Bonchev–Trinajstić information content (AvgIpc) is 2.33. The molecule has 0 spiro atoms. The Kier molecular flexibility index (Phi) is 3.99. The lowest BCUT2D eigenvalue weighted by molar-refractivity contribution is -0.0743. The van der Waals surface area contributed by atoms with Gasteiger partial charge < -0.3 is 9.57 Å². The van der Waals surface area contributed by atoms with Gasteiger partial charge in [0.05, 0.1) is 0 Å². The van der Waals surface area contributed by atoms with Gasteiger partial charge in [-0.25, -0.2) is 4.39 Å². The van der Waals surface area contributed by atoms with E-state index in [1.54, 1.807) is 18.2 Å². The van der Waals surface area contributed by atoms with E-state index in [1.165, 1.54) is 6.42 Å². The first-order valence-corrected chi connectivity index (χ1v) is 5.61. The van der Waals surface area contributed by atoms with E-state index in [1.807, 2.05) is 11.1 Å². The van der Waals surface area contributed by atoms with E-state index in [9.17, 15) is 4.39 Å². The minimum absolute atomic E-state index is 0.454. The van der Waals surface area contributed by atoms with Gasteiger partial charge in [-0.1, -0.05) is 18.6 Å². The van der Waals surface area contributed by atoms with Crippen molar-refractivity contribution in [2.45, 2.75) is 19.3 Å². The zero-order chi connectivity index (χ0) is 11.2. The topological polar surface area (TPSA) is 21.7 Å². The van der Waals surface area contributed by atoms with Crippen LogP contribution in [0.15, 0.2) is 24.3 Å². The molecule has 0 aromatic heterocycles. The molecule has 1 aromatic rings. The highest BCUT2D eigenvalue weighted by Gasteiger charge is 2.14. The molecule has 0 aliphatic carbocycles. The summed E-state index contributed by atoms with van der Waals surface area (Å²) < 4.78 is 17.0. The van der Waals surface area contributed by atoms with E-state index in [0.29, 0.717) is 11.5 Å². The lowest BCUT2D eigenvalue weighted by Crippen LogP contribution is -2.32. The molecule has 16 heavy (non-hydrogen) atoms. The minimum atomic E-state index is -0.833. The predicted octanol–water partition coefficient (Wildman–Crippen LogP) is 2.77. The second-order valence-electron chi connectivity index (χ2n) is 3.78. The number of alkyl halides is 1. The van der Waals surface area contributed by atoms with Crippen molar-refractivity contribution >= 4 is 0 Å². The lowest BCUT2D eigenvalue weighted by Gasteiger charge is -2.26. The van der Waals surface area contributed by atoms with E-state index in [0.717, 1.165) is 25.9 Å². The number of nitrogens with zero attached hydrogens (tertiary/aromatic N) is 1. The molecule has 1 saturated heterocycles. The molecule has 0 amide bonds. The smallest absolute Gasteiger partial charge is 0.228 e. The number of benzene rings is 1. The van der Waals surface area contributed by atoms with Crippen molar-refractivity contribution in [3.63, 3.8) is 0 Å². The molecule has 1 fully saturated rings. The van der Waals surface area contributed by atoms with Gasteiger partial charge in [0, 0.05) is 13.1 Å². The van der Waals surface area contributed by atoms with Crippen molar-refractivity contribution < 1.29 is 14.0 Å². The standard InChI is InChI=1S/C12H16FNO2/c13-10-15-11-6-2-3-7-12(11)16-14-8-4-1-5-9-14/h2-3,6-7H,1,4-5,8-10H2. The number of ether oxygens (including phenoxy) is 1. The number of piperidine rings is 1. The molecule has 1 heterocycles. The SMILES string of the molecule is FCOc1ccccc1ON1CCCCC1. The van der Waals surface area contributed by atoms with E-state index in [2.05, 4.69) is 0 Å². The molecule has 0 bridgehead atoms. The third-order valence-electron chi connectivity index (χ3n) is 2.60. The number of para-hydroxylation sites is 2. The maximum absolute atomic E-state index is 12.1. The average molecular weight is 225 g/mol. The van der Waals surface area contributed by atoms with Crippen LogP contribution in [-0.4, -0.2) is 25.0 Å². The number of hydrogen-bond acceptors (Lipinski definition) is 3.